The number of hydrogen-bond acceptors (Lipinski definition) is 3. The van der Waals surface area contributed by atoms with E-state index in [-0.39, 0.29) is 11.7 Å². The Kier molecular flexibility index (Phi) is 3.53. The minimum Gasteiger partial charge on any atom is -0.455 e. The lowest BCUT2D eigenvalue weighted by Gasteiger charge is -2.11. The van der Waals surface area contributed by atoms with Crippen LogP contribution in [0.2, 0.25) is 0 Å². The van der Waals surface area contributed by atoms with Crippen LogP contribution in [0.4, 0.5) is 4.39 Å². The Labute approximate surface area is 111 Å². The SMILES string of the molecule is OC(CCC1CCCO1)c1cc2cccc(F)c2o1. The topological polar surface area (TPSA) is 42.6 Å². The van der Waals surface area contributed by atoms with Gasteiger partial charge in [0.05, 0.1) is 6.10 Å². The molecule has 1 aromatic carbocycles. The van der Waals surface area contributed by atoms with Crippen LogP contribution in [0, 0.1) is 5.82 Å². The molecule has 1 aromatic heterocycles. The van der Waals surface area contributed by atoms with Crippen LogP contribution in [-0.4, -0.2) is 17.8 Å². The third kappa shape index (κ3) is 2.65. The Bertz CT molecular complexity index is 558. The first-order chi connectivity index (χ1) is 9.24. The largest absolute Gasteiger partial charge is 0.455 e. The van der Waals surface area contributed by atoms with Crippen molar-refractivity contribution in [2.75, 3.05) is 6.61 Å². The van der Waals surface area contributed by atoms with Gasteiger partial charge in [0, 0.05) is 12.0 Å². The summed E-state index contributed by atoms with van der Waals surface area (Å²) in [5, 5.41) is 10.8. The molecule has 2 aromatic rings. The molecule has 1 N–H and O–H groups in total. The van der Waals surface area contributed by atoms with Crippen molar-refractivity contribution in [1.29, 1.82) is 0 Å². The zero-order valence-electron chi connectivity index (χ0n) is 10.6. The summed E-state index contributed by atoms with van der Waals surface area (Å²) < 4.78 is 24.4. The first-order valence-corrected chi connectivity index (χ1v) is 6.71. The number of aliphatic hydroxyl groups excluding tert-OH is 1. The van der Waals surface area contributed by atoms with E-state index in [1.54, 1.807) is 18.2 Å². The van der Waals surface area contributed by atoms with Crippen molar-refractivity contribution < 1.29 is 18.7 Å². The highest BCUT2D eigenvalue weighted by atomic mass is 19.1. The quantitative estimate of drug-likeness (QED) is 0.918. The van der Waals surface area contributed by atoms with E-state index >= 15 is 0 Å². The molecule has 2 heterocycles. The van der Waals surface area contributed by atoms with E-state index in [1.165, 1.54) is 6.07 Å². The fourth-order valence-electron chi connectivity index (χ4n) is 2.57. The summed E-state index contributed by atoms with van der Waals surface area (Å²) in [6, 6.07) is 6.47. The molecule has 3 rings (SSSR count). The van der Waals surface area contributed by atoms with Gasteiger partial charge >= 0.3 is 0 Å². The number of benzene rings is 1. The highest BCUT2D eigenvalue weighted by Gasteiger charge is 2.20. The van der Waals surface area contributed by atoms with Gasteiger partial charge in [0.15, 0.2) is 11.4 Å². The van der Waals surface area contributed by atoms with Gasteiger partial charge in [0.2, 0.25) is 0 Å². The molecule has 0 aliphatic carbocycles. The minimum absolute atomic E-state index is 0.216. The highest BCUT2D eigenvalue weighted by molar-refractivity contribution is 5.78. The number of aliphatic hydroxyl groups is 1. The van der Waals surface area contributed by atoms with E-state index in [0.717, 1.165) is 25.9 Å². The van der Waals surface area contributed by atoms with Crippen LogP contribution in [0.5, 0.6) is 0 Å². The summed E-state index contributed by atoms with van der Waals surface area (Å²) in [4.78, 5) is 0. The summed E-state index contributed by atoms with van der Waals surface area (Å²) in [6.45, 7) is 0.816. The molecule has 1 fully saturated rings. The summed E-state index contributed by atoms with van der Waals surface area (Å²) in [6.07, 6.45) is 3.08. The molecular formula is C15H17FO3. The van der Waals surface area contributed by atoms with Crippen molar-refractivity contribution in [3.05, 3.63) is 35.8 Å². The third-order valence-electron chi connectivity index (χ3n) is 3.63. The first-order valence-electron chi connectivity index (χ1n) is 6.71. The molecule has 2 unspecified atom stereocenters. The van der Waals surface area contributed by atoms with Crippen molar-refractivity contribution in [3.63, 3.8) is 0 Å². The lowest BCUT2D eigenvalue weighted by molar-refractivity contribution is 0.0754. The molecular weight excluding hydrogens is 247 g/mol. The van der Waals surface area contributed by atoms with Gasteiger partial charge in [0.1, 0.15) is 11.9 Å². The van der Waals surface area contributed by atoms with Gasteiger partial charge in [-0.3, -0.25) is 0 Å². The van der Waals surface area contributed by atoms with Crippen molar-refractivity contribution in [1.82, 2.24) is 0 Å². The Morgan fingerprint density at radius 2 is 2.32 bits per heavy atom. The molecule has 19 heavy (non-hydrogen) atoms. The Morgan fingerprint density at radius 3 is 3.05 bits per heavy atom. The van der Waals surface area contributed by atoms with Gasteiger partial charge in [-0.15, -0.1) is 0 Å². The second-order valence-electron chi connectivity index (χ2n) is 5.04. The maximum atomic E-state index is 13.5. The molecule has 0 saturated carbocycles. The molecule has 1 saturated heterocycles. The van der Waals surface area contributed by atoms with Crippen LogP contribution in [-0.2, 0) is 4.74 Å². The zero-order chi connectivity index (χ0) is 13.2. The second-order valence-corrected chi connectivity index (χ2v) is 5.04. The van der Waals surface area contributed by atoms with E-state index in [1.807, 2.05) is 0 Å². The van der Waals surface area contributed by atoms with Gasteiger partial charge in [-0.1, -0.05) is 12.1 Å². The smallest absolute Gasteiger partial charge is 0.170 e. The Morgan fingerprint density at radius 1 is 1.42 bits per heavy atom. The number of ether oxygens (including phenoxy) is 1. The molecule has 1 aliphatic rings. The molecule has 0 radical (unpaired) electrons. The van der Waals surface area contributed by atoms with Crippen molar-refractivity contribution in [2.45, 2.75) is 37.9 Å². The van der Waals surface area contributed by atoms with Gasteiger partial charge < -0.3 is 14.3 Å². The molecule has 2 atom stereocenters. The van der Waals surface area contributed by atoms with E-state index in [9.17, 15) is 9.50 Å². The van der Waals surface area contributed by atoms with Gasteiger partial charge in [-0.05, 0) is 37.8 Å². The number of fused-ring (bicyclic) bond motifs is 1. The molecule has 102 valence electrons. The van der Waals surface area contributed by atoms with Crippen molar-refractivity contribution >= 4 is 11.0 Å². The zero-order valence-corrected chi connectivity index (χ0v) is 10.6. The van der Waals surface area contributed by atoms with E-state index in [2.05, 4.69) is 0 Å². The maximum Gasteiger partial charge on any atom is 0.170 e. The molecule has 4 heteroatoms. The lowest BCUT2D eigenvalue weighted by Crippen LogP contribution is -2.07. The summed E-state index contributed by atoms with van der Waals surface area (Å²) in [5.74, 6) is 0.0353. The fourth-order valence-corrected chi connectivity index (χ4v) is 2.57. The molecule has 0 amide bonds. The summed E-state index contributed by atoms with van der Waals surface area (Å²) in [5.41, 5.74) is 0.216. The molecule has 1 aliphatic heterocycles. The predicted octanol–water partition coefficient (Wildman–Crippen LogP) is 3.56. The van der Waals surface area contributed by atoms with E-state index < -0.39 is 11.9 Å². The Balaban J connectivity index is 1.70. The second kappa shape index (κ2) is 5.31. The van der Waals surface area contributed by atoms with Gasteiger partial charge in [-0.25, -0.2) is 4.39 Å². The number of hydrogen-bond donors (Lipinski definition) is 1. The highest BCUT2D eigenvalue weighted by Crippen LogP contribution is 2.29. The van der Waals surface area contributed by atoms with Crippen LogP contribution in [0.15, 0.2) is 28.7 Å². The van der Waals surface area contributed by atoms with Crippen LogP contribution in [0.25, 0.3) is 11.0 Å². The normalized spacial score (nSPS) is 21.1. The lowest BCUT2D eigenvalue weighted by atomic mass is 10.1. The number of furan rings is 1. The predicted molar refractivity (Wildman–Crippen MR) is 69.3 cm³/mol. The van der Waals surface area contributed by atoms with Crippen LogP contribution < -0.4 is 0 Å². The number of rotatable bonds is 4. The van der Waals surface area contributed by atoms with Crippen LogP contribution in [0.1, 0.15) is 37.5 Å². The molecule has 0 spiro atoms. The third-order valence-corrected chi connectivity index (χ3v) is 3.63. The van der Waals surface area contributed by atoms with E-state index in [0.29, 0.717) is 17.6 Å². The monoisotopic (exact) mass is 264 g/mol. The fraction of sp³-hybridized carbons (Fsp3) is 0.467. The molecule has 3 nitrogen and oxygen atoms in total. The van der Waals surface area contributed by atoms with Crippen molar-refractivity contribution in [3.8, 4) is 0 Å². The number of halogens is 1. The minimum atomic E-state index is -0.698. The summed E-state index contributed by atoms with van der Waals surface area (Å²) >= 11 is 0. The van der Waals surface area contributed by atoms with Crippen molar-refractivity contribution in [2.24, 2.45) is 0 Å². The molecule has 0 bridgehead atoms. The Hall–Kier alpha value is -1.39. The van der Waals surface area contributed by atoms with Crippen LogP contribution in [0.3, 0.4) is 0 Å². The van der Waals surface area contributed by atoms with Gasteiger partial charge in [-0.2, -0.15) is 0 Å². The van der Waals surface area contributed by atoms with Gasteiger partial charge in [0.25, 0.3) is 0 Å². The number of para-hydroxylation sites is 1. The van der Waals surface area contributed by atoms with E-state index in [4.69, 9.17) is 9.15 Å². The average molecular weight is 264 g/mol. The first kappa shape index (κ1) is 12.6. The standard InChI is InChI=1S/C15H17FO3/c16-12-5-1-3-10-9-14(19-15(10)12)13(17)7-6-11-4-2-8-18-11/h1,3,5,9,11,13,17H,2,4,6-8H2. The van der Waals surface area contributed by atoms with Crippen LogP contribution >= 0.6 is 0 Å². The average Bonchev–Trinajstić information content (AvgIpc) is 3.05. The summed E-state index contributed by atoms with van der Waals surface area (Å²) in [7, 11) is 0. The maximum absolute atomic E-state index is 13.5.